The smallest absolute Gasteiger partial charge is 0.328 e. The third-order valence-electron chi connectivity index (χ3n) is 2.58. The third-order valence-corrected chi connectivity index (χ3v) is 2.58. The zero-order valence-corrected chi connectivity index (χ0v) is 12.3. The van der Waals surface area contributed by atoms with Gasteiger partial charge in [-0.25, -0.2) is 9.59 Å². The van der Waals surface area contributed by atoms with E-state index in [4.69, 9.17) is 4.74 Å². The minimum Gasteiger partial charge on any atom is -0.464 e. The number of esters is 1. The average molecular weight is 273 g/mol. The van der Waals surface area contributed by atoms with Crippen LogP contribution in [0.15, 0.2) is 0 Å². The van der Waals surface area contributed by atoms with Gasteiger partial charge in [0.25, 0.3) is 0 Å². The van der Waals surface area contributed by atoms with Crippen LogP contribution in [0.25, 0.3) is 0 Å². The van der Waals surface area contributed by atoms with Gasteiger partial charge in [-0.05, 0) is 46.2 Å². The van der Waals surface area contributed by atoms with Gasteiger partial charge in [0.05, 0.1) is 6.61 Å². The molecular formula is C13H27N3O3. The molecule has 0 aliphatic rings. The predicted molar refractivity (Wildman–Crippen MR) is 75.0 cm³/mol. The van der Waals surface area contributed by atoms with E-state index >= 15 is 0 Å². The normalized spacial score (nSPS) is 11.7. The Kier molecular flexibility index (Phi) is 11.0. The molecule has 0 unspecified atom stereocenters. The van der Waals surface area contributed by atoms with Crippen LogP contribution < -0.4 is 16.0 Å². The number of hydrogen-bond acceptors (Lipinski definition) is 4. The summed E-state index contributed by atoms with van der Waals surface area (Å²) in [6.07, 6.45) is 3.28. The molecule has 1 atom stereocenters. The predicted octanol–water partition coefficient (Wildman–Crippen LogP) is 1.02. The highest BCUT2D eigenvalue weighted by Gasteiger charge is 2.21. The number of rotatable bonds is 10. The highest BCUT2D eigenvalue weighted by molar-refractivity contribution is 5.83. The molecule has 3 N–H and O–H groups in total. The second kappa shape index (κ2) is 11.8. The van der Waals surface area contributed by atoms with Crippen molar-refractivity contribution in [2.75, 3.05) is 26.7 Å². The minimum atomic E-state index is -0.561. The first kappa shape index (κ1) is 17.7. The molecule has 6 nitrogen and oxygen atoms in total. The van der Waals surface area contributed by atoms with Crippen LogP contribution in [0.1, 0.15) is 39.5 Å². The molecule has 112 valence electrons. The molecule has 0 fully saturated rings. The van der Waals surface area contributed by atoms with E-state index in [9.17, 15) is 9.59 Å². The summed E-state index contributed by atoms with van der Waals surface area (Å²) in [7, 11) is 1.89. The monoisotopic (exact) mass is 273 g/mol. The molecule has 19 heavy (non-hydrogen) atoms. The highest BCUT2D eigenvalue weighted by atomic mass is 16.5. The summed E-state index contributed by atoms with van der Waals surface area (Å²) in [6.45, 7) is 5.55. The van der Waals surface area contributed by atoms with E-state index in [1.54, 1.807) is 6.92 Å². The van der Waals surface area contributed by atoms with Crippen molar-refractivity contribution >= 4 is 12.0 Å². The number of hydrogen-bond donors (Lipinski definition) is 3. The van der Waals surface area contributed by atoms with Crippen molar-refractivity contribution in [2.45, 2.75) is 45.6 Å². The highest BCUT2D eigenvalue weighted by Crippen LogP contribution is 2.03. The standard InChI is InChI=1S/C13H27N3O3/c1-4-9-15-13(18)16-11(12(17)19-5-2)8-6-7-10-14-3/h11,14H,4-10H2,1-3H3,(H2,15,16,18)/t11-/m0/s1. The second-order valence-corrected chi connectivity index (χ2v) is 4.30. The van der Waals surface area contributed by atoms with E-state index in [1.165, 1.54) is 0 Å². The number of ether oxygens (including phenoxy) is 1. The molecule has 0 aromatic heterocycles. The lowest BCUT2D eigenvalue weighted by molar-refractivity contribution is -0.145. The molecule has 0 saturated heterocycles. The number of carbonyl (C=O) groups excluding carboxylic acids is 2. The van der Waals surface area contributed by atoms with Crippen molar-refractivity contribution < 1.29 is 14.3 Å². The van der Waals surface area contributed by atoms with E-state index in [2.05, 4.69) is 16.0 Å². The van der Waals surface area contributed by atoms with Crippen molar-refractivity contribution in [1.29, 1.82) is 0 Å². The van der Waals surface area contributed by atoms with E-state index < -0.39 is 6.04 Å². The maximum absolute atomic E-state index is 11.7. The van der Waals surface area contributed by atoms with Gasteiger partial charge in [0, 0.05) is 6.54 Å². The summed E-state index contributed by atoms with van der Waals surface area (Å²) < 4.78 is 4.97. The van der Waals surface area contributed by atoms with Gasteiger partial charge >= 0.3 is 12.0 Å². The lowest BCUT2D eigenvalue weighted by Crippen LogP contribution is -2.46. The molecule has 0 heterocycles. The van der Waals surface area contributed by atoms with Gasteiger partial charge in [-0.3, -0.25) is 0 Å². The molecule has 0 aliphatic heterocycles. The second-order valence-electron chi connectivity index (χ2n) is 4.30. The Morgan fingerprint density at radius 3 is 2.47 bits per heavy atom. The van der Waals surface area contributed by atoms with Crippen LogP contribution in [-0.4, -0.2) is 44.8 Å². The van der Waals surface area contributed by atoms with Crippen molar-refractivity contribution in [3.8, 4) is 0 Å². The van der Waals surface area contributed by atoms with E-state index in [-0.39, 0.29) is 12.0 Å². The quantitative estimate of drug-likeness (QED) is 0.410. The first-order chi connectivity index (χ1) is 9.15. The Labute approximate surface area is 115 Å². The summed E-state index contributed by atoms with van der Waals surface area (Å²) in [5, 5.41) is 8.41. The Morgan fingerprint density at radius 2 is 1.89 bits per heavy atom. The van der Waals surface area contributed by atoms with Gasteiger partial charge in [-0.1, -0.05) is 6.92 Å². The molecule has 0 bridgehead atoms. The lowest BCUT2D eigenvalue weighted by atomic mass is 10.1. The van der Waals surface area contributed by atoms with E-state index in [0.29, 0.717) is 19.6 Å². The van der Waals surface area contributed by atoms with Crippen LogP contribution in [0, 0.1) is 0 Å². The Morgan fingerprint density at radius 1 is 1.16 bits per heavy atom. The van der Waals surface area contributed by atoms with Gasteiger partial charge in [0.15, 0.2) is 0 Å². The number of nitrogens with one attached hydrogen (secondary N) is 3. The third kappa shape index (κ3) is 9.30. The molecule has 0 saturated carbocycles. The number of carbonyl (C=O) groups is 2. The van der Waals surface area contributed by atoms with Crippen LogP contribution in [0.2, 0.25) is 0 Å². The molecule has 6 heteroatoms. The molecule has 0 spiro atoms. The van der Waals surface area contributed by atoms with Gasteiger partial charge in [-0.2, -0.15) is 0 Å². The maximum atomic E-state index is 11.7. The van der Waals surface area contributed by atoms with Gasteiger partial charge in [0.2, 0.25) is 0 Å². The zero-order valence-electron chi connectivity index (χ0n) is 12.3. The molecule has 0 rings (SSSR count). The van der Waals surface area contributed by atoms with E-state index in [1.807, 2.05) is 14.0 Å². The number of urea groups is 1. The first-order valence-corrected chi connectivity index (χ1v) is 7.01. The molecule has 0 aromatic rings. The summed E-state index contributed by atoms with van der Waals surface area (Å²) in [6, 6.07) is -0.873. The van der Waals surface area contributed by atoms with Crippen LogP contribution in [-0.2, 0) is 9.53 Å². The number of amides is 2. The SMILES string of the molecule is CCCNC(=O)N[C@@H](CCCCNC)C(=O)OCC. The van der Waals surface area contributed by atoms with Crippen molar-refractivity contribution in [3.63, 3.8) is 0 Å². The fourth-order valence-electron chi connectivity index (χ4n) is 1.59. The van der Waals surface area contributed by atoms with Crippen LogP contribution in [0.3, 0.4) is 0 Å². The Balaban J connectivity index is 4.16. The summed E-state index contributed by atoms with van der Waals surface area (Å²) in [5.41, 5.74) is 0. The van der Waals surface area contributed by atoms with E-state index in [0.717, 1.165) is 25.8 Å². The fraction of sp³-hybridized carbons (Fsp3) is 0.846. The lowest BCUT2D eigenvalue weighted by Gasteiger charge is -2.17. The summed E-state index contributed by atoms with van der Waals surface area (Å²) >= 11 is 0. The molecule has 2 amide bonds. The van der Waals surface area contributed by atoms with Gasteiger partial charge in [-0.15, -0.1) is 0 Å². The molecule has 0 radical (unpaired) electrons. The maximum Gasteiger partial charge on any atom is 0.328 e. The molecular weight excluding hydrogens is 246 g/mol. The van der Waals surface area contributed by atoms with Crippen LogP contribution in [0.4, 0.5) is 4.79 Å². The topological polar surface area (TPSA) is 79.5 Å². The fourth-order valence-corrected chi connectivity index (χ4v) is 1.59. The molecule has 0 aliphatic carbocycles. The average Bonchev–Trinajstić information content (AvgIpc) is 2.40. The molecule has 0 aromatic carbocycles. The minimum absolute atomic E-state index is 0.312. The summed E-state index contributed by atoms with van der Waals surface area (Å²) in [4.78, 5) is 23.3. The van der Waals surface area contributed by atoms with Crippen molar-refractivity contribution in [2.24, 2.45) is 0 Å². The van der Waals surface area contributed by atoms with Crippen LogP contribution in [0.5, 0.6) is 0 Å². The van der Waals surface area contributed by atoms with Crippen molar-refractivity contribution in [1.82, 2.24) is 16.0 Å². The van der Waals surface area contributed by atoms with Crippen LogP contribution >= 0.6 is 0 Å². The largest absolute Gasteiger partial charge is 0.464 e. The van der Waals surface area contributed by atoms with Gasteiger partial charge in [0.1, 0.15) is 6.04 Å². The van der Waals surface area contributed by atoms with Gasteiger partial charge < -0.3 is 20.7 Å². The zero-order chi connectivity index (χ0) is 14.5. The van der Waals surface area contributed by atoms with Crippen molar-refractivity contribution in [3.05, 3.63) is 0 Å². The number of unbranched alkanes of at least 4 members (excludes halogenated alkanes) is 1. The first-order valence-electron chi connectivity index (χ1n) is 7.01. The Bertz CT molecular complexity index is 260. The summed E-state index contributed by atoms with van der Waals surface area (Å²) in [5.74, 6) is -0.362. The Hall–Kier alpha value is -1.30.